The molecule has 1 N–H and O–H groups in total. The van der Waals surface area contributed by atoms with Crippen molar-refractivity contribution in [1.82, 2.24) is 9.88 Å². The number of aryl methyl sites for hydroxylation is 3. The predicted octanol–water partition coefficient (Wildman–Crippen LogP) is 3.07. The first-order chi connectivity index (χ1) is 8.99. The maximum absolute atomic E-state index is 12.4. The number of nitrogens with one attached hydrogen (secondary N) is 1. The fourth-order valence-electron chi connectivity index (χ4n) is 2.37. The van der Waals surface area contributed by atoms with E-state index in [1.807, 2.05) is 20.2 Å². The van der Waals surface area contributed by atoms with E-state index in [1.54, 1.807) is 0 Å². The lowest BCUT2D eigenvalue weighted by Gasteiger charge is -2.08. The molecule has 1 aromatic heterocycles. The summed E-state index contributed by atoms with van der Waals surface area (Å²) in [5, 5.41) is 4.09. The summed E-state index contributed by atoms with van der Waals surface area (Å²) in [7, 11) is 1.82. The molecule has 1 aromatic carbocycles. The van der Waals surface area contributed by atoms with Crippen LogP contribution in [-0.2, 0) is 6.54 Å². The van der Waals surface area contributed by atoms with E-state index in [9.17, 15) is 4.79 Å². The lowest BCUT2D eigenvalue weighted by atomic mass is 10.0. The fraction of sp³-hybridized carbons (Fsp3) is 0.438. The Morgan fingerprint density at radius 3 is 2.53 bits per heavy atom. The van der Waals surface area contributed by atoms with E-state index >= 15 is 0 Å². The number of nitrogens with zero attached hydrogens (tertiary/aromatic N) is 1. The number of fused-ring (bicyclic) bond motifs is 1. The summed E-state index contributed by atoms with van der Waals surface area (Å²) in [4.78, 5) is 12.4. The van der Waals surface area contributed by atoms with Gasteiger partial charge >= 0.3 is 0 Å². The first-order valence-electron chi connectivity index (χ1n) is 6.81. The number of ketones is 1. The highest BCUT2D eigenvalue weighted by Gasteiger charge is 2.19. The van der Waals surface area contributed by atoms with Crippen molar-refractivity contribution in [2.45, 2.75) is 40.3 Å². The summed E-state index contributed by atoms with van der Waals surface area (Å²) >= 11 is 0. The first-order valence-corrected chi connectivity index (χ1v) is 6.81. The molecule has 2 aromatic rings. The second-order valence-electron chi connectivity index (χ2n) is 5.16. The van der Waals surface area contributed by atoms with Crippen molar-refractivity contribution in [2.24, 2.45) is 0 Å². The summed E-state index contributed by atoms with van der Waals surface area (Å²) in [6, 6.07) is 4.15. The standard InChI is InChI=1S/C16H22N2O/c1-6-18-9-14(16(19)12(4)17-5)13-7-10(2)11(3)8-15(13)18/h7-9,12,17H,6H2,1-5H3. The highest BCUT2D eigenvalue weighted by Crippen LogP contribution is 2.26. The zero-order valence-corrected chi connectivity index (χ0v) is 12.4. The van der Waals surface area contributed by atoms with E-state index in [1.165, 1.54) is 11.1 Å². The number of aromatic nitrogens is 1. The molecule has 0 bridgehead atoms. The van der Waals surface area contributed by atoms with E-state index in [-0.39, 0.29) is 11.8 Å². The molecule has 0 fully saturated rings. The van der Waals surface area contributed by atoms with Crippen LogP contribution in [0.25, 0.3) is 10.9 Å². The number of hydrogen-bond donors (Lipinski definition) is 1. The van der Waals surface area contributed by atoms with Crippen molar-refractivity contribution >= 4 is 16.7 Å². The normalized spacial score (nSPS) is 12.9. The molecule has 2 rings (SSSR count). The third kappa shape index (κ3) is 2.30. The van der Waals surface area contributed by atoms with E-state index < -0.39 is 0 Å². The summed E-state index contributed by atoms with van der Waals surface area (Å²) in [5.74, 6) is 0.156. The molecule has 3 heteroatoms. The number of hydrogen-bond acceptors (Lipinski definition) is 2. The van der Waals surface area contributed by atoms with Crippen LogP contribution in [0.5, 0.6) is 0 Å². The monoisotopic (exact) mass is 258 g/mol. The Balaban J connectivity index is 2.68. The number of carbonyl (C=O) groups excluding carboxylic acids is 1. The predicted molar refractivity (Wildman–Crippen MR) is 79.9 cm³/mol. The number of likely N-dealkylation sites (N-methyl/N-ethyl adjacent to an activating group) is 1. The van der Waals surface area contributed by atoms with Gasteiger partial charge in [0.2, 0.25) is 0 Å². The third-order valence-corrected chi connectivity index (χ3v) is 3.93. The maximum atomic E-state index is 12.4. The Morgan fingerprint density at radius 1 is 1.32 bits per heavy atom. The summed E-state index contributed by atoms with van der Waals surface area (Å²) < 4.78 is 2.15. The van der Waals surface area contributed by atoms with Gasteiger partial charge in [-0.05, 0) is 58.0 Å². The fourth-order valence-corrected chi connectivity index (χ4v) is 2.37. The Labute approximate surface area is 114 Å². The van der Waals surface area contributed by atoms with Crippen molar-refractivity contribution < 1.29 is 4.79 Å². The van der Waals surface area contributed by atoms with Gasteiger partial charge in [0.1, 0.15) is 0 Å². The third-order valence-electron chi connectivity index (χ3n) is 3.93. The van der Waals surface area contributed by atoms with E-state index in [0.717, 1.165) is 23.0 Å². The highest BCUT2D eigenvalue weighted by atomic mass is 16.1. The zero-order chi connectivity index (χ0) is 14.2. The smallest absolute Gasteiger partial charge is 0.181 e. The van der Waals surface area contributed by atoms with Gasteiger partial charge in [0, 0.05) is 29.2 Å². The van der Waals surface area contributed by atoms with E-state index in [0.29, 0.717) is 0 Å². The average Bonchev–Trinajstić information content (AvgIpc) is 2.75. The number of benzene rings is 1. The molecule has 0 amide bonds. The molecule has 0 aliphatic rings. The van der Waals surface area contributed by atoms with Gasteiger partial charge in [-0.2, -0.15) is 0 Å². The van der Waals surface area contributed by atoms with Gasteiger partial charge in [-0.1, -0.05) is 0 Å². The molecule has 0 spiro atoms. The van der Waals surface area contributed by atoms with Crippen LogP contribution < -0.4 is 5.32 Å². The van der Waals surface area contributed by atoms with Gasteiger partial charge < -0.3 is 9.88 Å². The molecule has 1 atom stereocenters. The van der Waals surface area contributed by atoms with Gasteiger partial charge in [-0.15, -0.1) is 0 Å². The minimum atomic E-state index is -0.155. The van der Waals surface area contributed by atoms with Crippen LogP contribution in [0.3, 0.4) is 0 Å². The lowest BCUT2D eigenvalue weighted by Crippen LogP contribution is -2.30. The van der Waals surface area contributed by atoms with Crippen LogP contribution in [0.15, 0.2) is 18.3 Å². The molecule has 0 aliphatic heterocycles. The molecule has 19 heavy (non-hydrogen) atoms. The van der Waals surface area contributed by atoms with Gasteiger partial charge in [0.15, 0.2) is 5.78 Å². The molecular formula is C16H22N2O. The van der Waals surface area contributed by atoms with Crippen LogP contribution in [0.2, 0.25) is 0 Å². The largest absolute Gasteiger partial charge is 0.347 e. The Bertz CT molecular complexity index is 625. The zero-order valence-electron chi connectivity index (χ0n) is 12.4. The Hall–Kier alpha value is -1.61. The van der Waals surface area contributed by atoms with Gasteiger partial charge in [0.05, 0.1) is 6.04 Å². The quantitative estimate of drug-likeness (QED) is 0.855. The molecule has 0 saturated heterocycles. The van der Waals surface area contributed by atoms with Crippen LogP contribution in [-0.4, -0.2) is 23.4 Å². The van der Waals surface area contributed by atoms with Crippen molar-refractivity contribution in [3.63, 3.8) is 0 Å². The molecule has 0 radical (unpaired) electrons. The van der Waals surface area contributed by atoms with Crippen molar-refractivity contribution in [3.05, 3.63) is 35.0 Å². The van der Waals surface area contributed by atoms with Crippen LogP contribution in [0.4, 0.5) is 0 Å². The van der Waals surface area contributed by atoms with Crippen molar-refractivity contribution in [1.29, 1.82) is 0 Å². The van der Waals surface area contributed by atoms with Gasteiger partial charge in [-0.3, -0.25) is 4.79 Å². The number of rotatable bonds is 4. The molecular weight excluding hydrogens is 236 g/mol. The van der Waals surface area contributed by atoms with Crippen LogP contribution >= 0.6 is 0 Å². The maximum Gasteiger partial charge on any atom is 0.181 e. The molecule has 0 aliphatic carbocycles. The topological polar surface area (TPSA) is 34.0 Å². The molecule has 1 unspecified atom stereocenters. The summed E-state index contributed by atoms with van der Waals surface area (Å²) in [5.41, 5.74) is 4.47. The van der Waals surface area contributed by atoms with Gasteiger partial charge in [-0.25, -0.2) is 0 Å². The lowest BCUT2D eigenvalue weighted by molar-refractivity contribution is 0.0956. The summed E-state index contributed by atoms with van der Waals surface area (Å²) in [6.07, 6.45) is 1.99. The number of Topliss-reactive ketones (excluding diaryl/α,β-unsaturated/α-hetero) is 1. The SMILES string of the molecule is CCn1cc(C(=O)C(C)NC)c2cc(C)c(C)cc21. The molecule has 102 valence electrons. The van der Waals surface area contributed by atoms with E-state index in [4.69, 9.17) is 0 Å². The summed E-state index contributed by atoms with van der Waals surface area (Å²) in [6.45, 7) is 9.08. The van der Waals surface area contributed by atoms with Crippen LogP contribution in [0.1, 0.15) is 35.3 Å². The molecule has 0 saturated carbocycles. The Kier molecular flexibility index (Phi) is 3.76. The molecule has 1 heterocycles. The minimum Gasteiger partial charge on any atom is -0.347 e. The van der Waals surface area contributed by atoms with Crippen molar-refractivity contribution in [2.75, 3.05) is 7.05 Å². The van der Waals surface area contributed by atoms with Crippen molar-refractivity contribution in [3.8, 4) is 0 Å². The number of carbonyl (C=O) groups is 1. The minimum absolute atomic E-state index is 0.155. The van der Waals surface area contributed by atoms with E-state index in [2.05, 4.69) is 42.8 Å². The first kappa shape index (κ1) is 13.8. The average molecular weight is 258 g/mol. The molecule has 3 nitrogen and oxygen atoms in total. The van der Waals surface area contributed by atoms with Crippen LogP contribution in [0, 0.1) is 13.8 Å². The highest BCUT2D eigenvalue weighted by molar-refractivity contribution is 6.10. The van der Waals surface area contributed by atoms with Gasteiger partial charge in [0.25, 0.3) is 0 Å². The Morgan fingerprint density at radius 2 is 1.95 bits per heavy atom. The second-order valence-corrected chi connectivity index (χ2v) is 5.16. The second kappa shape index (κ2) is 5.17.